The van der Waals surface area contributed by atoms with Crippen LogP contribution in [-0.2, 0) is 0 Å². The summed E-state index contributed by atoms with van der Waals surface area (Å²) in [5, 5.41) is 10.1. The largest absolute Gasteiger partial charge is 0.530 e. The van der Waals surface area contributed by atoms with Crippen molar-refractivity contribution in [3.05, 3.63) is 0 Å². The van der Waals surface area contributed by atoms with Crippen molar-refractivity contribution < 1.29 is 9.90 Å². The fourth-order valence-corrected chi connectivity index (χ4v) is 0.441. The third-order valence-corrected chi connectivity index (χ3v) is 1.19. The smallest absolute Gasteiger partial charge is 0.136 e. The van der Waals surface area contributed by atoms with E-state index in [4.69, 9.17) is 0 Å². The van der Waals surface area contributed by atoms with Gasteiger partial charge in [0.1, 0.15) is 6.09 Å². The number of amides is 1. The van der Waals surface area contributed by atoms with E-state index in [-0.39, 0.29) is 0 Å². The first-order valence-corrected chi connectivity index (χ1v) is 3.11. The van der Waals surface area contributed by atoms with Gasteiger partial charge in [-0.25, -0.2) is 0 Å². The summed E-state index contributed by atoms with van der Waals surface area (Å²) >= 11 is 0. The van der Waals surface area contributed by atoms with Crippen molar-refractivity contribution in [3.63, 3.8) is 0 Å². The van der Waals surface area contributed by atoms with E-state index >= 15 is 0 Å². The monoisotopic (exact) mass is 145 g/mol. The van der Waals surface area contributed by atoms with Crippen LogP contribution in [0.1, 0.15) is 0 Å². The van der Waals surface area contributed by atoms with Gasteiger partial charge in [-0.3, -0.25) is 0 Å². The molecule has 0 aromatic rings. The third kappa shape index (κ3) is 4.14. The van der Waals surface area contributed by atoms with Gasteiger partial charge in [-0.15, -0.1) is 0 Å². The summed E-state index contributed by atoms with van der Waals surface area (Å²) in [6.07, 6.45) is -1.12. The van der Waals surface area contributed by atoms with Crippen molar-refractivity contribution in [2.24, 2.45) is 0 Å². The first kappa shape index (κ1) is 9.23. The fraction of sp³-hybridized carbons (Fsp3) is 0.833. The molecule has 0 aliphatic carbocycles. The number of likely N-dealkylation sites (N-methyl/N-ethyl adjacent to an activating group) is 2. The fourth-order valence-electron chi connectivity index (χ4n) is 0.441. The van der Waals surface area contributed by atoms with Crippen LogP contribution in [-0.4, -0.2) is 50.1 Å². The molecule has 0 aromatic carbocycles. The highest BCUT2D eigenvalue weighted by atomic mass is 16.4. The summed E-state index contributed by atoms with van der Waals surface area (Å²) in [6, 6.07) is 0. The van der Waals surface area contributed by atoms with E-state index in [0.717, 1.165) is 11.4 Å². The second-order valence-corrected chi connectivity index (χ2v) is 2.49. The number of rotatable bonds is 3. The van der Waals surface area contributed by atoms with Gasteiger partial charge in [-0.05, 0) is 14.1 Å². The number of carbonyl (C=O) groups excluding carboxylic acids is 1. The van der Waals surface area contributed by atoms with Gasteiger partial charge in [0.15, 0.2) is 0 Å². The summed E-state index contributed by atoms with van der Waals surface area (Å²) in [5.74, 6) is 0. The number of carbonyl (C=O) groups is 1. The molecule has 0 bridgehead atoms. The average Bonchev–Trinajstić information content (AvgIpc) is 1.82. The van der Waals surface area contributed by atoms with Crippen molar-refractivity contribution >= 4 is 6.09 Å². The Bertz CT molecular complexity index is 114. The van der Waals surface area contributed by atoms with E-state index < -0.39 is 6.09 Å². The average molecular weight is 145 g/mol. The van der Waals surface area contributed by atoms with Crippen LogP contribution >= 0.6 is 0 Å². The van der Waals surface area contributed by atoms with E-state index in [9.17, 15) is 9.90 Å². The van der Waals surface area contributed by atoms with Gasteiger partial charge in [-0.2, -0.15) is 0 Å². The topological polar surface area (TPSA) is 46.6 Å². The Morgan fingerprint density at radius 1 is 1.30 bits per heavy atom. The van der Waals surface area contributed by atoms with Gasteiger partial charge in [-0.1, -0.05) is 0 Å². The first-order valence-electron chi connectivity index (χ1n) is 3.11. The summed E-state index contributed by atoms with van der Waals surface area (Å²) in [5.41, 5.74) is 0. The molecule has 0 aliphatic heterocycles. The van der Waals surface area contributed by atoms with E-state index in [1.807, 2.05) is 19.0 Å². The van der Waals surface area contributed by atoms with Gasteiger partial charge in [0.25, 0.3) is 0 Å². The molecule has 60 valence electrons. The summed E-state index contributed by atoms with van der Waals surface area (Å²) in [6.45, 7) is 1.22. The lowest BCUT2D eigenvalue weighted by atomic mass is 10.5. The zero-order chi connectivity index (χ0) is 8.15. The molecule has 4 nitrogen and oxygen atoms in total. The summed E-state index contributed by atoms with van der Waals surface area (Å²) in [4.78, 5) is 13.2. The second kappa shape index (κ2) is 4.11. The Morgan fingerprint density at radius 3 is 2.10 bits per heavy atom. The molecule has 1 amide bonds. The SMILES string of the molecule is CN(C)CCN(C)C(=O)[O-]. The molecule has 0 radical (unpaired) electrons. The maximum Gasteiger partial charge on any atom is 0.136 e. The minimum atomic E-state index is -1.12. The van der Waals surface area contributed by atoms with Crippen LogP contribution in [0.2, 0.25) is 0 Å². The van der Waals surface area contributed by atoms with Crippen molar-refractivity contribution in [2.75, 3.05) is 34.2 Å². The molecule has 0 saturated carbocycles. The van der Waals surface area contributed by atoms with Gasteiger partial charge in [0, 0.05) is 20.1 Å². The van der Waals surface area contributed by atoms with Crippen molar-refractivity contribution in [3.8, 4) is 0 Å². The molecule has 0 fully saturated rings. The first-order chi connectivity index (χ1) is 4.54. The van der Waals surface area contributed by atoms with Crippen molar-refractivity contribution in [1.29, 1.82) is 0 Å². The molecule has 0 aromatic heterocycles. The van der Waals surface area contributed by atoms with Crippen LogP contribution in [0.5, 0.6) is 0 Å². The predicted molar refractivity (Wildman–Crippen MR) is 36.6 cm³/mol. The minimum absolute atomic E-state index is 0.495. The maximum absolute atomic E-state index is 10.1. The quantitative estimate of drug-likeness (QED) is 0.502. The molecule has 0 saturated heterocycles. The lowest BCUT2D eigenvalue weighted by molar-refractivity contribution is -0.264. The van der Waals surface area contributed by atoms with E-state index in [1.165, 1.54) is 7.05 Å². The van der Waals surface area contributed by atoms with E-state index in [2.05, 4.69) is 0 Å². The Hall–Kier alpha value is -0.770. The van der Waals surface area contributed by atoms with Crippen LogP contribution in [0.25, 0.3) is 0 Å². The lowest BCUT2D eigenvalue weighted by Gasteiger charge is -2.21. The van der Waals surface area contributed by atoms with Gasteiger partial charge in [0.2, 0.25) is 0 Å². The summed E-state index contributed by atoms with van der Waals surface area (Å²) < 4.78 is 0. The second-order valence-electron chi connectivity index (χ2n) is 2.49. The Kier molecular flexibility index (Phi) is 3.79. The predicted octanol–water partition coefficient (Wildman–Crippen LogP) is -1.18. The Morgan fingerprint density at radius 2 is 1.80 bits per heavy atom. The molecule has 0 spiro atoms. The zero-order valence-corrected chi connectivity index (χ0v) is 6.63. The zero-order valence-electron chi connectivity index (χ0n) is 6.63. The molecule has 0 rings (SSSR count). The number of hydrogen-bond acceptors (Lipinski definition) is 3. The molecule has 0 aliphatic rings. The Balaban J connectivity index is 3.40. The van der Waals surface area contributed by atoms with Crippen molar-refractivity contribution in [1.82, 2.24) is 9.80 Å². The van der Waals surface area contributed by atoms with Crippen molar-refractivity contribution in [2.45, 2.75) is 0 Å². The highest BCUT2D eigenvalue weighted by Gasteiger charge is 1.96. The molecular formula is C6H13N2O2-. The van der Waals surface area contributed by atoms with Gasteiger partial charge >= 0.3 is 0 Å². The molecule has 0 unspecified atom stereocenters. The summed E-state index contributed by atoms with van der Waals surface area (Å²) in [7, 11) is 5.28. The number of nitrogens with zero attached hydrogens (tertiary/aromatic N) is 2. The number of carboxylic acid groups (broad SMARTS) is 1. The molecule has 10 heavy (non-hydrogen) atoms. The van der Waals surface area contributed by atoms with Gasteiger partial charge in [0.05, 0.1) is 0 Å². The standard InChI is InChI=1S/C6H14N2O2/c1-7(2)4-5-8(3)6(9)10/h4-5H2,1-3H3,(H,9,10)/p-1. The molecule has 0 heterocycles. The van der Waals surface area contributed by atoms with Crippen LogP contribution in [0.15, 0.2) is 0 Å². The van der Waals surface area contributed by atoms with Gasteiger partial charge < -0.3 is 19.7 Å². The molecular weight excluding hydrogens is 132 g/mol. The van der Waals surface area contributed by atoms with E-state index in [1.54, 1.807) is 0 Å². The molecule has 4 heteroatoms. The maximum atomic E-state index is 10.1. The Labute approximate surface area is 61.0 Å². The highest BCUT2D eigenvalue weighted by molar-refractivity contribution is 5.61. The van der Waals surface area contributed by atoms with E-state index in [0.29, 0.717) is 6.54 Å². The number of hydrogen-bond donors (Lipinski definition) is 0. The normalized spacial score (nSPS) is 10.0. The molecule has 0 atom stereocenters. The van der Waals surface area contributed by atoms with Crippen LogP contribution < -0.4 is 5.11 Å². The van der Waals surface area contributed by atoms with Crippen LogP contribution in [0, 0.1) is 0 Å². The molecule has 0 N–H and O–H groups in total. The van der Waals surface area contributed by atoms with Crippen LogP contribution in [0.4, 0.5) is 4.79 Å². The third-order valence-electron chi connectivity index (χ3n) is 1.19. The van der Waals surface area contributed by atoms with Crippen LogP contribution in [0.3, 0.4) is 0 Å². The minimum Gasteiger partial charge on any atom is -0.530 e. The lowest BCUT2D eigenvalue weighted by Crippen LogP contribution is -2.41. The highest BCUT2D eigenvalue weighted by Crippen LogP contribution is 1.81.